The maximum atomic E-state index is 13.6. The first-order valence-electron chi connectivity index (χ1n) is 24.0. The fraction of sp³-hybridized carbons (Fsp3) is 0.302. The third-order valence-electron chi connectivity index (χ3n) is 10.3. The molecule has 0 bridgehead atoms. The number of anilines is 2. The Balaban J connectivity index is 0.000000668. The van der Waals surface area contributed by atoms with E-state index in [9.17, 15) is 52.8 Å². The van der Waals surface area contributed by atoms with E-state index in [1.807, 2.05) is 34.4 Å². The quantitative estimate of drug-likeness (QED) is 0.00912. The monoisotopic (exact) mass is 1380 g/mol. The van der Waals surface area contributed by atoms with Crippen molar-refractivity contribution in [3.8, 4) is 0 Å². The number of rotatable bonds is 18. The Morgan fingerprint density at radius 2 is 1.03 bits per heavy atom. The second-order valence-electron chi connectivity index (χ2n) is 17.6. The SMILES string of the molecule is COCN(c1cc(C)cnc1Br)S(=O)(=O)c1ccc(Cl)c(C(F)(F)F)c1.COCN(c1cc(C)cnc1C(=O)c1ccnc(N=CN(C)C)c1)S(=O)(=O)c1ccc(Cl)c(C(F)(F)F)c1.CON(C)C(=O)c1ccnc(N=CN(C)C)c1.C[CH-]C.[Cl-].[Mg+2]. The fourth-order valence-corrected chi connectivity index (χ4v) is 10.2. The van der Waals surface area contributed by atoms with Gasteiger partial charge in [0.2, 0.25) is 5.78 Å². The van der Waals surface area contributed by atoms with Crippen molar-refractivity contribution in [2.24, 2.45) is 9.98 Å². The Hall–Kier alpha value is -5.80. The largest absolute Gasteiger partial charge is 2.00 e. The van der Waals surface area contributed by atoms with Crippen molar-refractivity contribution >= 4 is 130 Å². The number of nitrogens with zero attached hydrogens (tertiary/aromatic N) is 11. The normalized spacial score (nSPS) is 11.4. The number of sulfonamides is 2. The zero-order valence-corrected chi connectivity index (χ0v) is 55.2. The molecule has 0 saturated carbocycles. The van der Waals surface area contributed by atoms with Gasteiger partial charge in [-0.3, -0.25) is 19.4 Å². The third-order valence-corrected chi connectivity index (χ3v) is 15.0. The van der Waals surface area contributed by atoms with Crippen molar-refractivity contribution in [3.05, 3.63) is 158 Å². The summed E-state index contributed by atoms with van der Waals surface area (Å²) in [6, 6.07) is 13.6. The van der Waals surface area contributed by atoms with Crippen molar-refractivity contribution in [2.45, 2.75) is 49.8 Å². The van der Waals surface area contributed by atoms with Crippen LogP contribution < -0.4 is 21.0 Å². The van der Waals surface area contributed by atoms with Gasteiger partial charge in [0.25, 0.3) is 26.0 Å². The van der Waals surface area contributed by atoms with Crippen molar-refractivity contribution in [2.75, 3.05) is 78.6 Å². The predicted octanol–water partition coefficient (Wildman–Crippen LogP) is 8.12. The zero-order chi connectivity index (χ0) is 63.5. The molecule has 2 aromatic carbocycles. The van der Waals surface area contributed by atoms with E-state index in [4.69, 9.17) is 37.5 Å². The van der Waals surface area contributed by atoms with Gasteiger partial charge in [-0.2, -0.15) is 40.2 Å². The number of methoxy groups -OCH3 is 2. The molecule has 0 aliphatic rings. The van der Waals surface area contributed by atoms with Gasteiger partial charge in [-0.1, -0.05) is 23.2 Å². The van der Waals surface area contributed by atoms with Gasteiger partial charge in [0.05, 0.1) is 62.1 Å². The Morgan fingerprint density at radius 3 is 1.44 bits per heavy atom. The number of amides is 1. The molecule has 6 aromatic rings. The van der Waals surface area contributed by atoms with Crippen molar-refractivity contribution < 1.29 is 79.5 Å². The number of halogens is 10. The summed E-state index contributed by atoms with van der Waals surface area (Å²) in [5, 5.41) is -0.101. The number of carbonyl (C=O) groups is 2. The second-order valence-corrected chi connectivity index (χ2v) is 22.9. The predicted molar refractivity (Wildman–Crippen MR) is 318 cm³/mol. The Bertz CT molecular complexity index is 3530. The van der Waals surface area contributed by atoms with E-state index in [-0.39, 0.29) is 74.4 Å². The number of aryl methyl sites for hydroxylation is 2. The number of aromatic nitrogens is 4. The van der Waals surface area contributed by atoms with Crippen LogP contribution in [0.4, 0.5) is 49.4 Å². The second kappa shape index (κ2) is 35.3. The molecular formula is C53H59BrCl3F6MgN11O9S2. The fourth-order valence-electron chi connectivity index (χ4n) is 6.42. The van der Waals surface area contributed by atoms with Crippen LogP contribution in [0, 0.1) is 20.3 Å². The van der Waals surface area contributed by atoms with E-state index < -0.39 is 82.6 Å². The minimum atomic E-state index is -4.89. The van der Waals surface area contributed by atoms with E-state index in [0.717, 1.165) is 33.6 Å². The van der Waals surface area contributed by atoms with Crippen LogP contribution in [0.15, 0.2) is 122 Å². The van der Waals surface area contributed by atoms with Crippen LogP contribution in [0.2, 0.25) is 10.0 Å². The molecule has 6 rings (SSSR count). The number of pyridine rings is 4. The molecule has 0 radical (unpaired) electrons. The number of ketones is 1. The number of benzene rings is 2. The van der Waals surface area contributed by atoms with Gasteiger partial charge in [-0.15, -0.1) is 0 Å². The van der Waals surface area contributed by atoms with Crippen molar-refractivity contribution in [1.82, 2.24) is 34.8 Å². The molecule has 20 nitrogen and oxygen atoms in total. The maximum Gasteiger partial charge on any atom is 2.00 e. The Morgan fingerprint density at radius 1 is 0.640 bits per heavy atom. The molecule has 86 heavy (non-hydrogen) atoms. The molecule has 0 spiro atoms. The van der Waals surface area contributed by atoms with Crippen LogP contribution in [0.5, 0.6) is 0 Å². The van der Waals surface area contributed by atoms with Gasteiger partial charge in [-0.05, 0) is 114 Å². The van der Waals surface area contributed by atoms with Crippen LogP contribution in [0.1, 0.15) is 62.5 Å². The molecule has 0 saturated heterocycles. The van der Waals surface area contributed by atoms with Crippen LogP contribution in [0.3, 0.4) is 0 Å². The van der Waals surface area contributed by atoms with E-state index in [2.05, 4.69) is 45.9 Å². The van der Waals surface area contributed by atoms with Crippen LogP contribution in [0.25, 0.3) is 0 Å². The number of hydrogen-bond acceptors (Lipinski definition) is 15. The average molecular weight is 1380 g/mol. The number of hydrogen-bond donors (Lipinski definition) is 0. The van der Waals surface area contributed by atoms with Crippen LogP contribution in [-0.2, 0) is 46.7 Å². The summed E-state index contributed by atoms with van der Waals surface area (Å²) in [5.41, 5.74) is -1.13. The average Bonchev–Trinajstić information content (AvgIpc) is 1.74. The van der Waals surface area contributed by atoms with Crippen molar-refractivity contribution in [1.29, 1.82) is 0 Å². The maximum absolute atomic E-state index is 13.6. The van der Waals surface area contributed by atoms with Gasteiger partial charge in [0.1, 0.15) is 23.8 Å². The summed E-state index contributed by atoms with van der Waals surface area (Å²) in [6.45, 7) is 6.28. The molecule has 0 unspecified atom stereocenters. The van der Waals surface area contributed by atoms with Gasteiger partial charge < -0.3 is 38.1 Å². The topological polar surface area (TPSA) is 223 Å². The number of alkyl halides is 6. The number of hydroxylamine groups is 2. The number of ether oxygens (including phenoxy) is 2. The van der Waals surface area contributed by atoms with Gasteiger partial charge in [0, 0.05) is 85.4 Å². The molecule has 33 heteroatoms. The number of carbonyl (C=O) groups excluding carboxylic acids is 2. The standard InChI is InChI=1S/C24H23ClF3N5O4S.C15H13BrClF3N2O3S.C11H16N4O2.C3H7.ClH.Mg/c1-15-9-20(22(30-12-15)23(34)16-7-8-29-21(10-16)31-13-32(2)3)33(14-37-4)38(35,36)17-5-6-19(25)18(11-17)24(26,27)28;1-9-5-13(14(16)21-7-9)22(8-25-2)26(23,24)10-3-4-12(17)11(6-10)15(18,19)20;1-14(2)8-13-10-7-9(5-6-12-10)11(16)15(3)17-4;1-3-2;;/h5-13H,14H2,1-4H3;3-7H,8H2,1-2H3;5-8H,1-4H3;3H,1-2H3;1H;/q;;;-1;;+2/p-1. The minimum absolute atomic E-state index is 0. The summed E-state index contributed by atoms with van der Waals surface area (Å²) >= 11 is 14.4. The van der Waals surface area contributed by atoms with Gasteiger partial charge >= 0.3 is 35.4 Å². The number of aliphatic imine (C=N–C) groups is 2. The summed E-state index contributed by atoms with van der Waals surface area (Å²) in [5.74, 6) is -0.197. The smallest absolute Gasteiger partial charge is 1.00 e. The molecule has 1 amide bonds. The molecule has 0 fully saturated rings. The molecule has 0 aliphatic heterocycles. The van der Waals surface area contributed by atoms with E-state index in [1.54, 1.807) is 69.5 Å². The first kappa shape index (κ1) is 78.2. The van der Waals surface area contributed by atoms with E-state index in [0.29, 0.717) is 38.9 Å². The summed E-state index contributed by atoms with van der Waals surface area (Å²) < 4.78 is 144. The summed E-state index contributed by atoms with van der Waals surface area (Å²) in [4.78, 5) is 56.8. The molecule has 4 aromatic heterocycles. The molecular weight excluding hydrogens is 1320 g/mol. The Kier molecular flexibility index (Phi) is 32.1. The molecule has 4 heterocycles. The molecule has 0 N–H and O–H groups in total. The van der Waals surface area contributed by atoms with E-state index in [1.165, 1.54) is 70.5 Å². The molecule has 0 aliphatic carbocycles. The minimum Gasteiger partial charge on any atom is -1.00 e. The zero-order valence-electron chi connectivity index (χ0n) is 48.3. The third kappa shape index (κ3) is 22.4. The summed E-state index contributed by atoms with van der Waals surface area (Å²) in [7, 11) is 3.62. The van der Waals surface area contributed by atoms with Crippen LogP contribution >= 0.6 is 39.1 Å². The van der Waals surface area contributed by atoms with Gasteiger partial charge in [-0.25, -0.2) is 55.4 Å². The van der Waals surface area contributed by atoms with Gasteiger partial charge in [0.15, 0.2) is 11.6 Å². The first-order chi connectivity index (χ1) is 39.2. The van der Waals surface area contributed by atoms with Crippen molar-refractivity contribution in [3.63, 3.8) is 0 Å². The molecule has 464 valence electrons. The Labute approximate surface area is 536 Å². The first-order valence-corrected chi connectivity index (χ1v) is 28.4. The summed E-state index contributed by atoms with van der Waals surface area (Å²) in [6.07, 6.45) is 1.20. The van der Waals surface area contributed by atoms with Crippen LogP contribution in [-0.4, -0.2) is 169 Å². The van der Waals surface area contributed by atoms with E-state index >= 15 is 0 Å². The molecule has 0 atom stereocenters.